The Labute approximate surface area is 174 Å². The van der Waals surface area contributed by atoms with Crippen molar-refractivity contribution in [2.75, 3.05) is 25.1 Å². The maximum Gasteiger partial charge on any atom is 0.313 e. The van der Waals surface area contributed by atoms with Crippen LogP contribution in [0.2, 0.25) is 10.0 Å². The fourth-order valence-electron chi connectivity index (χ4n) is 2.42. The Kier molecular flexibility index (Phi) is 8.42. The molecule has 2 aromatic rings. The highest BCUT2D eigenvalue weighted by Crippen LogP contribution is 2.28. The van der Waals surface area contributed by atoms with Gasteiger partial charge in [-0.2, -0.15) is 0 Å². The second kappa shape index (κ2) is 10.8. The minimum absolute atomic E-state index is 0.280. The highest BCUT2D eigenvalue weighted by atomic mass is 35.5. The van der Waals surface area contributed by atoms with Crippen molar-refractivity contribution in [2.24, 2.45) is 0 Å². The number of carbonyl (C=O) groups excluding carboxylic acids is 2. The molecule has 0 saturated carbocycles. The van der Waals surface area contributed by atoms with E-state index in [0.717, 1.165) is 5.56 Å². The lowest BCUT2D eigenvalue weighted by Gasteiger charge is -2.12. The second-order valence-electron chi connectivity index (χ2n) is 5.73. The summed E-state index contributed by atoms with van der Waals surface area (Å²) in [7, 11) is 0. The van der Waals surface area contributed by atoms with Gasteiger partial charge in [0.15, 0.2) is 11.5 Å². The Morgan fingerprint density at radius 1 is 0.929 bits per heavy atom. The molecule has 150 valence electrons. The lowest BCUT2D eigenvalue weighted by molar-refractivity contribution is -0.136. The number of nitrogens with one attached hydrogen (secondary N) is 2. The monoisotopic (exact) mass is 424 g/mol. The summed E-state index contributed by atoms with van der Waals surface area (Å²) in [6, 6.07) is 10.2. The molecule has 0 aliphatic carbocycles. The molecule has 6 nitrogen and oxygen atoms in total. The van der Waals surface area contributed by atoms with Crippen molar-refractivity contribution in [3.63, 3.8) is 0 Å². The standard InChI is InChI=1S/C20H22Cl2N2O4/c1-3-27-17-8-5-13(11-18(17)28-4-2)9-10-23-19(25)20(26)24-16-12-14(21)6-7-15(16)22/h5-8,11-12H,3-4,9-10H2,1-2H3,(H,23,25)(H,24,26). The third kappa shape index (κ3) is 6.32. The molecule has 0 radical (unpaired) electrons. The van der Waals surface area contributed by atoms with Gasteiger partial charge in [-0.05, 0) is 56.2 Å². The van der Waals surface area contributed by atoms with Crippen LogP contribution in [0.5, 0.6) is 11.5 Å². The first-order valence-electron chi connectivity index (χ1n) is 8.87. The van der Waals surface area contributed by atoms with Crippen LogP contribution in [-0.2, 0) is 16.0 Å². The van der Waals surface area contributed by atoms with Crippen molar-refractivity contribution in [1.82, 2.24) is 5.32 Å². The molecule has 8 heteroatoms. The topological polar surface area (TPSA) is 76.7 Å². The average molecular weight is 425 g/mol. The van der Waals surface area contributed by atoms with Gasteiger partial charge in [0.2, 0.25) is 0 Å². The Bertz CT molecular complexity index is 843. The summed E-state index contributed by atoms with van der Waals surface area (Å²) in [5.41, 5.74) is 1.23. The van der Waals surface area contributed by atoms with Gasteiger partial charge in [-0.3, -0.25) is 9.59 Å². The molecule has 0 aromatic heterocycles. The van der Waals surface area contributed by atoms with Gasteiger partial charge in [0.1, 0.15) is 0 Å². The molecule has 0 aliphatic rings. The summed E-state index contributed by atoms with van der Waals surface area (Å²) in [5.74, 6) is -0.241. The predicted molar refractivity (Wildman–Crippen MR) is 111 cm³/mol. The molecule has 0 spiro atoms. The van der Waals surface area contributed by atoms with Crippen molar-refractivity contribution < 1.29 is 19.1 Å². The molecule has 0 aliphatic heterocycles. The zero-order valence-corrected chi connectivity index (χ0v) is 17.2. The minimum atomic E-state index is -0.814. The lowest BCUT2D eigenvalue weighted by atomic mass is 10.1. The molecule has 0 heterocycles. The van der Waals surface area contributed by atoms with Crippen molar-refractivity contribution >= 4 is 40.7 Å². The van der Waals surface area contributed by atoms with Gasteiger partial charge in [0.05, 0.1) is 23.9 Å². The molecule has 0 unspecified atom stereocenters. The van der Waals surface area contributed by atoms with Gasteiger partial charge < -0.3 is 20.1 Å². The van der Waals surface area contributed by atoms with Gasteiger partial charge in [-0.25, -0.2) is 0 Å². The lowest BCUT2D eigenvalue weighted by Crippen LogP contribution is -2.36. The first-order valence-corrected chi connectivity index (χ1v) is 9.63. The smallest absolute Gasteiger partial charge is 0.313 e. The molecule has 2 rings (SSSR count). The highest BCUT2D eigenvalue weighted by molar-refractivity contribution is 6.42. The molecular weight excluding hydrogens is 403 g/mol. The van der Waals surface area contributed by atoms with Crippen molar-refractivity contribution in [1.29, 1.82) is 0 Å². The number of anilines is 1. The number of hydrogen-bond donors (Lipinski definition) is 2. The van der Waals surface area contributed by atoms with E-state index < -0.39 is 11.8 Å². The first-order chi connectivity index (χ1) is 13.4. The van der Waals surface area contributed by atoms with Gasteiger partial charge in [0, 0.05) is 11.6 Å². The molecule has 0 fully saturated rings. The van der Waals surface area contributed by atoms with E-state index in [1.807, 2.05) is 32.0 Å². The van der Waals surface area contributed by atoms with Crippen molar-refractivity contribution in [3.8, 4) is 11.5 Å². The Morgan fingerprint density at radius 3 is 2.36 bits per heavy atom. The quantitative estimate of drug-likeness (QED) is 0.625. The summed E-state index contributed by atoms with van der Waals surface area (Å²) < 4.78 is 11.1. The molecule has 2 aromatic carbocycles. The number of carbonyl (C=O) groups is 2. The summed E-state index contributed by atoms with van der Waals surface area (Å²) in [6.07, 6.45) is 0.531. The van der Waals surface area contributed by atoms with Gasteiger partial charge in [-0.1, -0.05) is 29.3 Å². The highest BCUT2D eigenvalue weighted by Gasteiger charge is 2.15. The first kappa shape index (κ1) is 21.9. The second-order valence-corrected chi connectivity index (χ2v) is 6.57. The van der Waals surface area contributed by atoms with Crippen LogP contribution in [-0.4, -0.2) is 31.6 Å². The molecule has 2 amide bonds. The third-order valence-electron chi connectivity index (χ3n) is 3.69. The average Bonchev–Trinajstić information content (AvgIpc) is 2.67. The third-order valence-corrected chi connectivity index (χ3v) is 4.25. The largest absolute Gasteiger partial charge is 0.490 e. The fraction of sp³-hybridized carbons (Fsp3) is 0.300. The Hall–Kier alpha value is -2.44. The number of halogens is 2. The number of amides is 2. The van der Waals surface area contributed by atoms with Crippen LogP contribution in [0.15, 0.2) is 36.4 Å². The van der Waals surface area contributed by atoms with E-state index in [4.69, 9.17) is 32.7 Å². The fourth-order valence-corrected chi connectivity index (χ4v) is 2.76. The summed E-state index contributed by atoms with van der Waals surface area (Å²) >= 11 is 11.8. The summed E-state index contributed by atoms with van der Waals surface area (Å²) in [5, 5.41) is 5.72. The van der Waals surface area contributed by atoms with E-state index in [-0.39, 0.29) is 12.2 Å². The normalized spacial score (nSPS) is 10.3. The van der Waals surface area contributed by atoms with Crippen LogP contribution in [0.4, 0.5) is 5.69 Å². The van der Waals surface area contributed by atoms with Crippen molar-refractivity contribution in [2.45, 2.75) is 20.3 Å². The van der Waals surface area contributed by atoms with Gasteiger partial charge >= 0.3 is 11.8 Å². The SMILES string of the molecule is CCOc1ccc(CCNC(=O)C(=O)Nc2cc(Cl)ccc2Cl)cc1OCC. The molecular formula is C20H22Cl2N2O4. The van der Waals surface area contributed by atoms with Crippen molar-refractivity contribution in [3.05, 3.63) is 52.0 Å². The van der Waals surface area contributed by atoms with Crippen LogP contribution >= 0.6 is 23.2 Å². The number of ether oxygens (including phenoxy) is 2. The molecule has 0 saturated heterocycles. The Morgan fingerprint density at radius 2 is 1.64 bits per heavy atom. The molecule has 0 atom stereocenters. The minimum Gasteiger partial charge on any atom is -0.490 e. The molecule has 0 bridgehead atoms. The molecule has 28 heavy (non-hydrogen) atoms. The van der Waals surface area contributed by atoms with Crippen LogP contribution in [0.25, 0.3) is 0 Å². The van der Waals surface area contributed by atoms with E-state index in [2.05, 4.69) is 10.6 Å². The van der Waals surface area contributed by atoms with Gasteiger partial charge in [-0.15, -0.1) is 0 Å². The number of hydrogen-bond acceptors (Lipinski definition) is 4. The van der Waals surface area contributed by atoms with Gasteiger partial charge in [0.25, 0.3) is 0 Å². The van der Waals surface area contributed by atoms with E-state index in [9.17, 15) is 9.59 Å². The maximum absolute atomic E-state index is 12.0. The zero-order valence-electron chi connectivity index (χ0n) is 15.7. The van der Waals surface area contributed by atoms with Crippen LogP contribution < -0.4 is 20.1 Å². The number of rotatable bonds is 8. The van der Waals surface area contributed by atoms with E-state index in [0.29, 0.717) is 41.2 Å². The van der Waals surface area contributed by atoms with Crippen LogP contribution in [0.3, 0.4) is 0 Å². The Balaban J connectivity index is 1.89. The van der Waals surface area contributed by atoms with E-state index in [1.165, 1.54) is 6.07 Å². The predicted octanol–water partition coefficient (Wildman–Crippen LogP) is 4.09. The summed E-state index contributed by atoms with van der Waals surface area (Å²) in [6.45, 7) is 5.15. The number of benzene rings is 2. The maximum atomic E-state index is 12.0. The van der Waals surface area contributed by atoms with Crippen LogP contribution in [0, 0.1) is 0 Å². The van der Waals surface area contributed by atoms with E-state index >= 15 is 0 Å². The zero-order chi connectivity index (χ0) is 20.5. The van der Waals surface area contributed by atoms with E-state index in [1.54, 1.807) is 12.1 Å². The summed E-state index contributed by atoms with van der Waals surface area (Å²) in [4.78, 5) is 24.0. The van der Waals surface area contributed by atoms with Crippen LogP contribution in [0.1, 0.15) is 19.4 Å². The molecule has 2 N–H and O–H groups in total.